The predicted molar refractivity (Wildman–Crippen MR) is 83.4 cm³/mol. The smallest absolute Gasteiger partial charge is 0.266 e. The lowest BCUT2D eigenvalue weighted by atomic mass is 10.2. The number of carbonyl (C=O) groups is 1. The molecule has 3 rings (SSSR count). The van der Waals surface area contributed by atoms with Crippen molar-refractivity contribution in [3.63, 3.8) is 0 Å². The number of aromatic nitrogens is 1. The van der Waals surface area contributed by atoms with Gasteiger partial charge in [0, 0.05) is 12.1 Å². The van der Waals surface area contributed by atoms with Crippen LogP contribution in [0.15, 0.2) is 30.3 Å². The number of aliphatic hydroxyl groups is 1. The van der Waals surface area contributed by atoms with Crippen LogP contribution in [0.5, 0.6) is 0 Å². The van der Waals surface area contributed by atoms with Crippen molar-refractivity contribution in [2.75, 3.05) is 13.2 Å². The second-order valence-corrected chi connectivity index (χ2v) is 6.28. The molecule has 1 saturated heterocycles. The molecule has 1 fully saturated rings. The minimum absolute atomic E-state index is 0.00345. The molecule has 21 heavy (non-hydrogen) atoms. The summed E-state index contributed by atoms with van der Waals surface area (Å²) < 4.78 is 0. The Morgan fingerprint density at radius 1 is 1.43 bits per heavy atom. The molecule has 2 heterocycles. The zero-order valence-electron chi connectivity index (χ0n) is 12.0. The van der Waals surface area contributed by atoms with E-state index in [1.54, 1.807) is 4.90 Å². The van der Waals surface area contributed by atoms with Crippen LogP contribution in [0.4, 0.5) is 0 Å². The van der Waals surface area contributed by atoms with E-state index in [0.29, 0.717) is 4.88 Å². The molecule has 5 heteroatoms. The van der Waals surface area contributed by atoms with E-state index in [2.05, 4.69) is 4.98 Å². The van der Waals surface area contributed by atoms with Crippen molar-refractivity contribution in [3.05, 3.63) is 40.9 Å². The maximum absolute atomic E-state index is 12.7. The molecule has 1 N–H and O–H groups in total. The molecule has 0 aliphatic carbocycles. The molecular formula is C16H18N2O2S. The van der Waals surface area contributed by atoms with Gasteiger partial charge in [-0.05, 0) is 19.8 Å². The number of aryl methyl sites for hydroxylation is 1. The van der Waals surface area contributed by atoms with Gasteiger partial charge in [-0.1, -0.05) is 30.3 Å². The minimum Gasteiger partial charge on any atom is -0.394 e. The molecule has 0 saturated carbocycles. The van der Waals surface area contributed by atoms with Crippen molar-refractivity contribution in [1.82, 2.24) is 9.88 Å². The van der Waals surface area contributed by atoms with Crippen molar-refractivity contribution in [2.24, 2.45) is 0 Å². The fourth-order valence-electron chi connectivity index (χ4n) is 2.72. The first-order chi connectivity index (χ1) is 10.2. The van der Waals surface area contributed by atoms with Gasteiger partial charge in [-0.3, -0.25) is 4.79 Å². The summed E-state index contributed by atoms with van der Waals surface area (Å²) in [6.45, 7) is 2.64. The highest BCUT2D eigenvalue weighted by molar-refractivity contribution is 7.17. The number of aliphatic hydroxyl groups excluding tert-OH is 1. The lowest BCUT2D eigenvalue weighted by Gasteiger charge is -2.22. The van der Waals surface area contributed by atoms with Crippen molar-refractivity contribution in [3.8, 4) is 10.6 Å². The predicted octanol–water partition coefficient (Wildman–Crippen LogP) is 2.72. The van der Waals surface area contributed by atoms with E-state index in [1.165, 1.54) is 11.3 Å². The van der Waals surface area contributed by atoms with E-state index in [9.17, 15) is 9.90 Å². The van der Waals surface area contributed by atoms with Crippen LogP contribution in [0.2, 0.25) is 0 Å². The first-order valence-corrected chi connectivity index (χ1v) is 7.97. The molecule has 1 aromatic carbocycles. The van der Waals surface area contributed by atoms with Gasteiger partial charge in [0.25, 0.3) is 5.91 Å². The molecule has 0 spiro atoms. The largest absolute Gasteiger partial charge is 0.394 e. The Labute approximate surface area is 128 Å². The molecule has 1 amide bonds. The monoisotopic (exact) mass is 302 g/mol. The lowest BCUT2D eigenvalue weighted by molar-refractivity contribution is 0.0681. The maximum Gasteiger partial charge on any atom is 0.266 e. The first-order valence-electron chi connectivity index (χ1n) is 7.15. The van der Waals surface area contributed by atoms with Crippen LogP contribution in [-0.4, -0.2) is 40.1 Å². The van der Waals surface area contributed by atoms with Crippen LogP contribution in [0, 0.1) is 6.92 Å². The Hall–Kier alpha value is -1.72. The number of thiazole rings is 1. The normalized spacial score (nSPS) is 18.2. The maximum atomic E-state index is 12.7. The summed E-state index contributed by atoms with van der Waals surface area (Å²) in [6, 6.07) is 9.86. The van der Waals surface area contributed by atoms with E-state index in [-0.39, 0.29) is 18.6 Å². The summed E-state index contributed by atoms with van der Waals surface area (Å²) in [6.07, 6.45) is 1.84. The zero-order chi connectivity index (χ0) is 14.8. The van der Waals surface area contributed by atoms with Gasteiger partial charge in [0.05, 0.1) is 18.3 Å². The Morgan fingerprint density at radius 3 is 2.90 bits per heavy atom. The number of carbonyl (C=O) groups excluding carboxylic acids is 1. The summed E-state index contributed by atoms with van der Waals surface area (Å²) >= 11 is 1.44. The van der Waals surface area contributed by atoms with Crippen LogP contribution in [0.3, 0.4) is 0 Å². The number of hydrogen-bond acceptors (Lipinski definition) is 4. The average Bonchev–Trinajstić information content (AvgIpc) is 3.13. The third-order valence-corrected chi connectivity index (χ3v) is 5.05. The van der Waals surface area contributed by atoms with E-state index in [1.807, 2.05) is 37.3 Å². The van der Waals surface area contributed by atoms with Crippen molar-refractivity contribution < 1.29 is 9.90 Å². The number of nitrogens with zero attached hydrogens (tertiary/aromatic N) is 2. The second-order valence-electron chi connectivity index (χ2n) is 5.28. The summed E-state index contributed by atoms with van der Waals surface area (Å²) in [5.74, 6) is 0.00345. The van der Waals surface area contributed by atoms with Gasteiger partial charge >= 0.3 is 0 Å². The van der Waals surface area contributed by atoms with E-state index in [4.69, 9.17) is 0 Å². The van der Waals surface area contributed by atoms with Gasteiger partial charge in [-0.15, -0.1) is 11.3 Å². The third kappa shape index (κ3) is 2.71. The van der Waals surface area contributed by atoms with Gasteiger partial charge in [-0.25, -0.2) is 4.98 Å². The molecule has 2 aromatic rings. The molecule has 0 bridgehead atoms. The minimum atomic E-state index is -0.0424. The van der Waals surface area contributed by atoms with Crippen LogP contribution in [0.1, 0.15) is 28.2 Å². The molecule has 1 aliphatic heterocycles. The first kappa shape index (κ1) is 14.2. The summed E-state index contributed by atoms with van der Waals surface area (Å²) in [7, 11) is 0. The Bertz CT molecular complexity index is 639. The standard InChI is InChI=1S/C16H18N2O2S/c1-11-14(16(20)18-9-5-8-13(18)10-19)21-15(17-11)12-6-3-2-4-7-12/h2-4,6-7,13,19H,5,8-10H2,1H3/t13-/m1/s1. The third-order valence-electron chi connectivity index (χ3n) is 3.86. The Kier molecular flexibility index (Phi) is 4.03. The van der Waals surface area contributed by atoms with E-state index >= 15 is 0 Å². The topological polar surface area (TPSA) is 53.4 Å². The molecule has 0 unspecified atom stereocenters. The average molecular weight is 302 g/mol. The van der Waals surface area contributed by atoms with Gasteiger partial charge < -0.3 is 10.0 Å². The molecule has 1 atom stereocenters. The molecule has 0 radical (unpaired) electrons. The highest BCUT2D eigenvalue weighted by Gasteiger charge is 2.31. The van der Waals surface area contributed by atoms with E-state index in [0.717, 1.165) is 35.7 Å². The van der Waals surface area contributed by atoms with E-state index < -0.39 is 0 Å². The molecule has 1 aliphatic rings. The molecular weight excluding hydrogens is 284 g/mol. The summed E-state index contributed by atoms with van der Waals surface area (Å²) in [4.78, 5) is 19.7. The SMILES string of the molecule is Cc1nc(-c2ccccc2)sc1C(=O)N1CCC[C@@H]1CO. The highest BCUT2D eigenvalue weighted by Crippen LogP contribution is 2.30. The van der Waals surface area contributed by atoms with Crippen molar-refractivity contribution >= 4 is 17.2 Å². The number of rotatable bonds is 3. The molecule has 1 aromatic heterocycles. The van der Waals surface area contributed by atoms with Crippen molar-refractivity contribution in [1.29, 1.82) is 0 Å². The Balaban J connectivity index is 1.89. The quantitative estimate of drug-likeness (QED) is 0.948. The number of benzene rings is 1. The molecule has 4 nitrogen and oxygen atoms in total. The number of hydrogen-bond donors (Lipinski definition) is 1. The number of amides is 1. The fraction of sp³-hybridized carbons (Fsp3) is 0.375. The fourth-order valence-corrected chi connectivity index (χ4v) is 3.75. The summed E-state index contributed by atoms with van der Waals surface area (Å²) in [5.41, 5.74) is 1.80. The molecule has 110 valence electrons. The van der Waals surface area contributed by atoms with Crippen molar-refractivity contribution in [2.45, 2.75) is 25.8 Å². The van der Waals surface area contributed by atoms with Crippen LogP contribution in [0.25, 0.3) is 10.6 Å². The van der Waals surface area contributed by atoms with Crippen LogP contribution < -0.4 is 0 Å². The zero-order valence-corrected chi connectivity index (χ0v) is 12.8. The van der Waals surface area contributed by atoms with Gasteiger partial charge in [-0.2, -0.15) is 0 Å². The number of likely N-dealkylation sites (tertiary alicyclic amines) is 1. The van der Waals surface area contributed by atoms with Gasteiger partial charge in [0.1, 0.15) is 9.88 Å². The van der Waals surface area contributed by atoms with Gasteiger partial charge in [0.15, 0.2) is 0 Å². The van der Waals surface area contributed by atoms with Crippen LogP contribution >= 0.6 is 11.3 Å². The lowest BCUT2D eigenvalue weighted by Crippen LogP contribution is -2.37. The Morgan fingerprint density at radius 2 is 2.19 bits per heavy atom. The summed E-state index contributed by atoms with van der Waals surface area (Å²) in [5, 5.41) is 10.3. The second kappa shape index (κ2) is 5.95. The van der Waals surface area contributed by atoms with Crippen LogP contribution in [-0.2, 0) is 0 Å². The van der Waals surface area contributed by atoms with Gasteiger partial charge in [0.2, 0.25) is 0 Å². The highest BCUT2D eigenvalue weighted by atomic mass is 32.1.